The van der Waals surface area contributed by atoms with Crippen LogP contribution in [0.5, 0.6) is 0 Å². The number of rotatable bonds is 0. The van der Waals surface area contributed by atoms with Crippen LogP contribution in [0.15, 0.2) is 51.6 Å². The molecule has 0 bridgehead atoms. The van der Waals surface area contributed by atoms with Gasteiger partial charge in [-0.25, -0.2) is 8.78 Å². The van der Waals surface area contributed by atoms with Crippen LogP contribution >= 0.6 is 11.5 Å². The maximum atomic E-state index is 13.0. The molecule has 0 radical (unpaired) electrons. The van der Waals surface area contributed by atoms with Gasteiger partial charge in [-0.15, -0.1) is 0 Å². The summed E-state index contributed by atoms with van der Waals surface area (Å²) in [6.45, 7) is 26.5. The molecule has 5 aromatic heterocycles. The van der Waals surface area contributed by atoms with E-state index in [1.54, 1.807) is 57.6 Å². The van der Waals surface area contributed by atoms with E-state index in [0.29, 0.717) is 11.3 Å². The summed E-state index contributed by atoms with van der Waals surface area (Å²) in [6, 6.07) is 11.4. The average molecular weight is 681 g/mol. The molecule has 0 aliphatic carbocycles. The second-order valence-electron chi connectivity index (χ2n) is 11.5. The third-order valence-corrected chi connectivity index (χ3v) is 7.61. The number of aromatic nitrogens is 6. The van der Waals surface area contributed by atoms with Crippen LogP contribution in [0.3, 0.4) is 0 Å². The van der Waals surface area contributed by atoms with E-state index >= 15 is 0 Å². The molecule has 0 aliphatic rings. The number of nitrogens with one attached hydrogen (secondary N) is 1. The topological polar surface area (TPSA) is 107 Å². The highest BCUT2D eigenvalue weighted by molar-refractivity contribution is 7.05. The Balaban J connectivity index is 0.000000289. The Labute approximate surface area is 288 Å². The molecule has 1 aromatic carbocycles. The summed E-state index contributed by atoms with van der Waals surface area (Å²) in [6.07, 6.45) is 1.60. The van der Waals surface area contributed by atoms with Crippen molar-refractivity contribution in [3.63, 3.8) is 0 Å². The number of nitrogens with zero attached hydrogens (tertiary/aromatic N) is 5. The normalized spacial score (nSPS) is 9.67. The van der Waals surface area contributed by atoms with Crippen LogP contribution in [0.4, 0.5) is 8.78 Å². The Kier molecular flexibility index (Phi) is 17.9. The van der Waals surface area contributed by atoms with Gasteiger partial charge in [0.05, 0.1) is 28.5 Å². The Morgan fingerprint density at radius 1 is 0.604 bits per heavy atom. The number of aromatic amines is 1. The molecule has 48 heavy (non-hydrogen) atoms. The van der Waals surface area contributed by atoms with Gasteiger partial charge in [-0.05, 0) is 149 Å². The lowest BCUT2D eigenvalue weighted by molar-refractivity contribution is 0.392. The Morgan fingerprint density at radius 2 is 1.23 bits per heavy atom. The van der Waals surface area contributed by atoms with E-state index in [2.05, 4.69) is 42.9 Å². The zero-order valence-electron chi connectivity index (χ0n) is 30.8. The maximum absolute atomic E-state index is 13.0. The standard InChI is InChI=1S/C9H11F.C7H8FN.C6H9NO.C5H8N2.C5H7NO.C5H7NS/c1-6-4-5-7(2)9(10)8(6)3;1-5-3-4-9-6(2)7(5)8;1-4-5(2)7-8-6(4)3;3*1-4-3-5(2)7-6-4/h4-5H,1-3H3;3-4H,1-2H3;1-3H3;3H,1-2H3,(H,6,7);2*3H,1-2H3. The van der Waals surface area contributed by atoms with Crippen molar-refractivity contribution < 1.29 is 17.8 Å². The van der Waals surface area contributed by atoms with Crippen LogP contribution in [0, 0.1) is 109 Å². The van der Waals surface area contributed by atoms with Crippen LogP contribution in [0.1, 0.15) is 78.4 Å². The van der Waals surface area contributed by atoms with Crippen LogP contribution in [-0.2, 0) is 0 Å². The van der Waals surface area contributed by atoms with E-state index in [4.69, 9.17) is 9.05 Å². The van der Waals surface area contributed by atoms with Crippen LogP contribution < -0.4 is 0 Å². The van der Waals surface area contributed by atoms with Crippen molar-refractivity contribution in [2.24, 2.45) is 0 Å². The monoisotopic (exact) mass is 680 g/mol. The SMILES string of the molecule is Cc1cc(C)[nH]n1.Cc1cc(C)on1.Cc1cc(C)sn1.Cc1ccc(C)c(F)c1C.Cc1ccnc(C)c1F.Cc1noc(C)c1C. The molecule has 5 heterocycles. The summed E-state index contributed by atoms with van der Waals surface area (Å²) in [5.41, 5.74) is 10.0. The molecule has 6 aromatic rings. The highest BCUT2D eigenvalue weighted by atomic mass is 32.1. The molecule has 0 saturated heterocycles. The summed E-state index contributed by atoms with van der Waals surface area (Å²) in [5, 5.41) is 14.1. The minimum Gasteiger partial charge on any atom is -0.361 e. The van der Waals surface area contributed by atoms with E-state index in [1.165, 1.54) is 4.88 Å². The van der Waals surface area contributed by atoms with Gasteiger partial charge >= 0.3 is 0 Å². The summed E-state index contributed by atoms with van der Waals surface area (Å²) in [7, 11) is 0. The van der Waals surface area contributed by atoms with Gasteiger partial charge in [-0.3, -0.25) is 10.1 Å². The molecule has 0 spiro atoms. The molecule has 0 atom stereocenters. The van der Waals surface area contributed by atoms with Gasteiger partial charge in [0.1, 0.15) is 23.2 Å². The second kappa shape index (κ2) is 20.7. The van der Waals surface area contributed by atoms with E-state index in [-0.39, 0.29) is 11.6 Å². The number of hydrogen-bond donors (Lipinski definition) is 1. The molecule has 0 saturated carbocycles. The smallest absolute Gasteiger partial charge is 0.147 e. The van der Waals surface area contributed by atoms with Crippen molar-refractivity contribution in [3.05, 3.63) is 133 Å². The first-order valence-corrected chi connectivity index (χ1v) is 16.2. The number of pyridine rings is 1. The first kappa shape index (κ1) is 41.5. The minimum absolute atomic E-state index is 0.0694. The Morgan fingerprint density at radius 3 is 1.50 bits per heavy atom. The third kappa shape index (κ3) is 15.4. The summed E-state index contributed by atoms with van der Waals surface area (Å²) in [4.78, 5) is 5.05. The number of benzene rings is 1. The molecule has 0 unspecified atom stereocenters. The minimum atomic E-state index is -0.197. The van der Waals surface area contributed by atoms with E-state index in [1.807, 2.05) is 80.5 Å². The highest BCUT2D eigenvalue weighted by Gasteiger charge is 2.02. The fraction of sp³-hybridized carbons (Fsp3) is 0.378. The number of hydrogen-bond acceptors (Lipinski definition) is 8. The van der Waals surface area contributed by atoms with Crippen LogP contribution in [0.25, 0.3) is 0 Å². The van der Waals surface area contributed by atoms with E-state index < -0.39 is 0 Å². The highest BCUT2D eigenvalue weighted by Crippen LogP contribution is 2.14. The summed E-state index contributed by atoms with van der Waals surface area (Å²) in [5.74, 6) is 1.53. The fourth-order valence-electron chi connectivity index (χ4n) is 3.66. The van der Waals surface area contributed by atoms with Crippen LogP contribution in [-0.4, -0.2) is 29.9 Å². The summed E-state index contributed by atoms with van der Waals surface area (Å²) >= 11 is 1.55. The molecular weight excluding hydrogens is 631 g/mol. The van der Waals surface area contributed by atoms with Crippen molar-refractivity contribution >= 4 is 11.5 Å². The van der Waals surface area contributed by atoms with E-state index in [0.717, 1.165) is 62.2 Å². The molecular formula is C37H50F2N6O2S. The number of H-pyrrole nitrogens is 1. The average Bonchev–Trinajstić information content (AvgIpc) is 3.81. The van der Waals surface area contributed by atoms with Gasteiger partial charge in [0, 0.05) is 28.4 Å². The zero-order chi connectivity index (χ0) is 36.6. The molecule has 0 amide bonds. The predicted octanol–water partition coefficient (Wildman–Crippen LogP) is 10.3. The lowest BCUT2D eigenvalue weighted by Gasteiger charge is -2.02. The van der Waals surface area contributed by atoms with Crippen molar-refractivity contribution in [2.75, 3.05) is 0 Å². The van der Waals surface area contributed by atoms with Gasteiger partial charge in [-0.2, -0.15) is 9.47 Å². The van der Waals surface area contributed by atoms with Gasteiger partial charge in [-0.1, -0.05) is 22.4 Å². The molecule has 1 N–H and O–H groups in total. The largest absolute Gasteiger partial charge is 0.361 e. The first-order chi connectivity index (χ1) is 22.4. The first-order valence-electron chi connectivity index (χ1n) is 15.4. The molecule has 8 nitrogen and oxygen atoms in total. The van der Waals surface area contributed by atoms with Crippen molar-refractivity contribution in [3.8, 4) is 0 Å². The Hall–Kier alpha value is -4.51. The number of halogens is 2. The third-order valence-electron chi connectivity index (χ3n) is 6.82. The zero-order valence-corrected chi connectivity index (χ0v) is 31.6. The van der Waals surface area contributed by atoms with Crippen LogP contribution in [0.2, 0.25) is 0 Å². The molecule has 11 heteroatoms. The van der Waals surface area contributed by atoms with Gasteiger partial charge in [0.2, 0.25) is 0 Å². The fourth-order valence-corrected chi connectivity index (χ4v) is 4.22. The van der Waals surface area contributed by atoms with Crippen molar-refractivity contribution in [2.45, 2.75) is 96.9 Å². The number of aryl methyl sites for hydroxylation is 12. The molecule has 260 valence electrons. The predicted molar refractivity (Wildman–Crippen MR) is 191 cm³/mol. The van der Waals surface area contributed by atoms with Crippen molar-refractivity contribution in [1.29, 1.82) is 0 Å². The molecule has 6 rings (SSSR count). The van der Waals surface area contributed by atoms with E-state index in [9.17, 15) is 8.78 Å². The quantitative estimate of drug-likeness (QED) is 0.170. The van der Waals surface area contributed by atoms with Crippen molar-refractivity contribution in [1.82, 2.24) is 29.9 Å². The molecule has 0 aliphatic heterocycles. The van der Waals surface area contributed by atoms with Gasteiger partial charge < -0.3 is 9.05 Å². The maximum Gasteiger partial charge on any atom is 0.147 e. The van der Waals surface area contributed by atoms with Gasteiger partial charge in [0.25, 0.3) is 0 Å². The Bertz CT molecular complexity index is 1610. The summed E-state index contributed by atoms with van der Waals surface area (Å²) < 4.78 is 39.3. The lowest BCUT2D eigenvalue weighted by Crippen LogP contribution is -1.89. The molecule has 0 fully saturated rings. The second-order valence-corrected chi connectivity index (χ2v) is 12.5. The lowest BCUT2D eigenvalue weighted by atomic mass is 10.1. The van der Waals surface area contributed by atoms with Gasteiger partial charge in [0.15, 0.2) is 0 Å².